The molecule has 20 heavy (non-hydrogen) atoms. The summed E-state index contributed by atoms with van der Waals surface area (Å²) in [5.74, 6) is 0.616. The van der Waals surface area contributed by atoms with Gasteiger partial charge in [0.2, 0.25) is 0 Å². The summed E-state index contributed by atoms with van der Waals surface area (Å²) in [6.45, 7) is 3.41. The number of halogens is 1. The lowest BCUT2D eigenvalue weighted by atomic mass is 9.88. The smallest absolute Gasteiger partial charge is 0.0662 e. The molecule has 1 aromatic carbocycles. The van der Waals surface area contributed by atoms with Crippen molar-refractivity contribution >= 4 is 27.3 Å². The average molecular weight is 333 g/mol. The molecule has 0 bridgehead atoms. The minimum Gasteiger partial charge on any atom is -0.309 e. The maximum absolute atomic E-state index is 5.02. The topological polar surface area (TPSA) is 24.4 Å². The van der Waals surface area contributed by atoms with Gasteiger partial charge in [0.25, 0.3) is 0 Å². The quantitative estimate of drug-likeness (QED) is 0.870. The second-order valence-corrected chi connectivity index (χ2v) is 6.54. The fourth-order valence-corrected chi connectivity index (χ4v) is 3.39. The minimum absolute atomic E-state index is 0.499. The molecule has 0 radical (unpaired) electrons. The van der Waals surface area contributed by atoms with E-state index in [0.717, 1.165) is 23.1 Å². The molecule has 1 saturated heterocycles. The normalized spacial score (nSPS) is 26.3. The molecule has 0 saturated carbocycles. The van der Waals surface area contributed by atoms with E-state index in [9.17, 15) is 0 Å². The zero-order valence-electron chi connectivity index (χ0n) is 11.9. The summed E-state index contributed by atoms with van der Waals surface area (Å²) < 4.78 is 1.12. The number of benzene rings is 1. The standard InChI is InChI=1S/C17H21BrN2/c1-2-12-7-10-15(13-5-8-14(18)9-6-13)20-17(12)16-4-3-11-19-16/h5-6,8-10,12,16,19H,2-4,7,11H2,1H3. The minimum atomic E-state index is 0.499. The second-order valence-electron chi connectivity index (χ2n) is 5.62. The van der Waals surface area contributed by atoms with Crippen molar-refractivity contribution in [2.24, 2.45) is 10.9 Å². The van der Waals surface area contributed by atoms with Gasteiger partial charge in [-0.3, -0.25) is 4.99 Å². The first-order valence-corrected chi connectivity index (χ1v) is 8.35. The molecule has 3 rings (SSSR count). The Morgan fingerprint density at radius 2 is 2.10 bits per heavy atom. The molecule has 0 spiro atoms. The van der Waals surface area contributed by atoms with Crippen molar-refractivity contribution in [3.63, 3.8) is 0 Å². The Balaban J connectivity index is 1.89. The monoisotopic (exact) mass is 332 g/mol. The fraction of sp³-hybridized carbons (Fsp3) is 0.471. The largest absolute Gasteiger partial charge is 0.309 e. The lowest BCUT2D eigenvalue weighted by Crippen LogP contribution is -2.36. The van der Waals surface area contributed by atoms with Crippen LogP contribution in [-0.2, 0) is 0 Å². The molecule has 0 aromatic heterocycles. The summed E-state index contributed by atoms with van der Waals surface area (Å²) in [5, 5.41) is 3.61. The molecule has 1 N–H and O–H groups in total. The van der Waals surface area contributed by atoms with E-state index in [1.807, 2.05) is 0 Å². The van der Waals surface area contributed by atoms with Gasteiger partial charge in [0, 0.05) is 22.1 Å². The first-order chi connectivity index (χ1) is 9.78. The van der Waals surface area contributed by atoms with Gasteiger partial charge in [0.05, 0.1) is 5.70 Å². The van der Waals surface area contributed by atoms with Gasteiger partial charge in [0.1, 0.15) is 0 Å². The van der Waals surface area contributed by atoms with E-state index in [1.165, 1.54) is 30.5 Å². The third-order valence-electron chi connectivity index (χ3n) is 4.31. The Labute approximate surface area is 129 Å². The van der Waals surface area contributed by atoms with E-state index in [1.54, 1.807) is 0 Å². The van der Waals surface area contributed by atoms with Gasteiger partial charge in [0.15, 0.2) is 0 Å². The van der Waals surface area contributed by atoms with E-state index in [4.69, 9.17) is 4.99 Å². The summed E-state index contributed by atoms with van der Waals surface area (Å²) in [6.07, 6.45) is 7.12. The van der Waals surface area contributed by atoms with Crippen LogP contribution in [0.2, 0.25) is 0 Å². The number of aliphatic imine (C=N–C) groups is 1. The summed E-state index contributed by atoms with van der Waals surface area (Å²) >= 11 is 3.49. The molecule has 3 heteroatoms. The molecular formula is C17H21BrN2. The Morgan fingerprint density at radius 3 is 2.75 bits per heavy atom. The highest BCUT2D eigenvalue weighted by Crippen LogP contribution is 2.30. The van der Waals surface area contributed by atoms with Crippen molar-refractivity contribution in [2.75, 3.05) is 6.54 Å². The van der Waals surface area contributed by atoms with Crippen LogP contribution in [0.4, 0.5) is 0 Å². The fourth-order valence-electron chi connectivity index (χ4n) is 3.13. The number of hydrogen-bond acceptors (Lipinski definition) is 2. The van der Waals surface area contributed by atoms with E-state index in [-0.39, 0.29) is 0 Å². The Morgan fingerprint density at radius 1 is 1.30 bits per heavy atom. The molecule has 2 aliphatic rings. The van der Waals surface area contributed by atoms with Crippen molar-refractivity contribution in [1.82, 2.24) is 5.32 Å². The lowest BCUT2D eigenvalue weighted by Gasteiger charge is -2.26. The average Bonchev–Trinajstić information content (AvgIpc) is 3.01. The highest BCUT2D eigenvalue weighted by atomic mass is 79.9. The van der Waals surface area contributed by atoms with Crippen LogP contribution in [-0.4, -0.2) is 18.3 Å². The molecule has 1 aromatic rings. The molecule has 2 atom stereocenters. The molecule has 2 aliphatic heterocycles. The predicted molar refractivity (Wildman–Crippen MR) is 89.0 cm³/mol. The van der Waals surface area contributed by atoms with Gasteiger partial charge in [-0.15, -0.1) is 0 Å². The van der Waals surface area contributed by atoms with Crippen LogP contribution in [0.3, 0.4) is 0 Å². The van der Waals surface area contributed by atoms with Crippen molar-refractivity contribution < 1.29 is 0 Å². The summed E-state index contributed by atoms with van der Waals surface area (Å²) in [4.78, 5) is 5.02. The van der Waals surface area contributed by atoms with Crippen molar-refractivity contribution in [2.45, 2.75) is 38.6 Å². The molecule has 0 aliphatic carbocycles. The molecule has 1 fully saturated rings. The van der Waals surface area contributed by atoms with Gasteiger partial charge in [-0.05, 0) is 49.9 Å². The molecule has 106 valence electrons. The van der Waals surface area contributed by atoms with Gasteiger partial charge < -0.3 is 5.32 Å². The van der Waals surface area contributed by atoms with Gasteiger partial charge >= 0.3 is 0 Å². The Kier molecular flexibility index (Phi) is 4.37. The molecule has 2 heterocycles. The maximum Gasteiger partial charge on any atom is 0.0662 e. The number of allylic oxidation sites excluding steroid dienone is 1. The first-order valence-electron chi connectivity index (χ1n) is 7.56. The number of hydrogen-bond donors (Lipinski definition) is 1. The molecular weight excluding hydrogens is 312 g/mol. The van der Waals surface area contributed by atoms with Crippen molar-refractivity contribution in [3.8, 4) is 0 Å². The zero-order valence-corrected chi connectivity index (χ0v) is 13.5. The SMILES string of the molecule is CCC1CC=C(c2ccc(Br)cc2)N=C1C1CCCN1. The van der Waals surface area contributed by atoms with Crippen LogP contribution in [0.25, 0.3) is 5.70 Å². The number of nitrogens with one attached hydrogen (secondary N) is 1. The highest BCUT2D eigenvalue weighted by Gasteiger charge is 2.28. The van der Waals surface area contributed by atoms with Crippen LogP contribution in [0.15, 0.2) is 39.8 Å². The van der Waals surface area contributed by atoms with Crippen molar-refractivity contribution in [3.05, 3.63) is 40.4 Å². The second kappa shape index (κ2) is 6.23. The van der Waals surface area contributed by atoms with E-state index in [0.29, 0.717) is 12.0 Å². The first kappa shape index (κ1) is 14.0. The van der Waals surface area contributed by atoms with E-state index in [2.05, 4.69) is 58.5 Å². The third-order valence-corrected chi connectivity index (χ3v) is 4.84. The van der Waals surface area contributed by atoms with Gasteiger partial charge in [-0.2, -0.15) is 0 Å². The number of rotatable bonds is 3. The van der Waals surface area contributed by atoms with Crippen LogP contribution in [0, 0.1) is 5.92 Å². The molecule has 2 nitrogen and oxygen atoms in total. The maximum atomic E-state index is 5.02. The summed E-state index contributed by atoms with van der Waals surface area (Å²) in [7, 11) is 0. The van der Waals surface area contributed by atoms with Crippen molar-refractivity contribution in [1.29, 1.82) is 0 Å². The van der Waals surface area contributed by atoms with Gasteiger partial charge in [-0.1, -0.05) is 41.1 Å². The van der Waals surface area contributed by atoms with E-state index >= 15 is 0 Å². The zero-order chi connectivity index (χ0) is 13.9. The molecule has 2 unspecified atom stereocenters. The third kappa shape index (κ3) is 2.89. The van der Waals surface area contributed by atoms with Crippen LogP contribution in [0.1, 0.15) is 38.2 Å². The molecule has 0 amide bonds. The van der Waals surface area contributed by atoms with Crippen LogP contribution in [0.5, 0.6) is 0 Å². The predicted octanol–water partition coefficient (Wildman–Crippen LogP) is 4.41. The Hall–Kier alpha value is -0.930. The highest BCUT2D eigenvalue weighted by molar-refractivity contribution is 9.10. The number of nitrogens with zero attached hydrogens (tertiary/aromatic N) is 1. The lowest BCUT2D eigenvalue weighted by molar-refractivity contribution is 0.619. The summed E-state index contributed by atoms with van der Waals surface area (Å²) in [5.41, 5.74) is 3.74. The van der Waals surface area contributed by atoms with Gasteiger partial charge in [-0.25, -0.2) is 0 Å². The Bertz CT molecular complexity index is 524. The van der Waals surface area contributed by atoms with E-state index < -0.39 is 0 Å². The summed E-state index contributed by atoms with van der Waals surface area (Å²) in [6, 6.07) is 8.96. The van der Waals surface area contributed by atoms with Crippen LogP contribution < -0.4 is 5.32 Å². The van der Waals surface area contributed by atoms with Crippen LogP contribution >= 0.6 is 15.9 Å².